The first-order chi connectivity index (χ1) is 6.18. The lowest BCUT2D eigenvalue weighted by Gasteiger charge is -2.07. The molecular weight excluding hydrogens is 164 g/mol. The van der Waals surface area contributed by atoms with Crippen molar-refractivity contribution in [2.45, 2.75) is 58.0 Å². The fourth-order valence-corrected chi connectivity index (χ4v) is 1.28. The molecule has 0 fully saturated rings. The molecule has 0 bridgehead atoms. The molecule has 0 amide bonds. The molecule has 0 aromatic heterocycles. The van der Waals surface area contributed by atoms with Gasteiger partial charge in [0.2, 0.25) is 0 Å². The number of hydrogen-bond donors (Lipinski definition) is 2. The molecule has 1 atom stereocenters. The molecule has 2 heteroatoms. The second-order valence-electron chi connectivity index (χ2n) is 3.56. The molecule has 2 N–H and O–H groups in total. The number of aliphatic hydroxyl groups is 2. The Bertz CT molecular complexity index is 132. The molecule has 0 saturated carbocycles. The highest BCUT2D eigenvalue weighted by atomic mass is 16.3. The monoisotopic (exact) mass is 186 g/mol. The van der Waals surface area contributed by atoms with E-state index < -0.39 is 6.10 Å². The molecule has 2 nitrogen and oxygen atoms in total. The Morgan fingerprint density at radius 2 is 1.69 bits per heavy atom. The second kappa shape index (κ2) is 8.11. The van der Waals surface area contributed by atoms with E-state index in [-0.39, 0.29) is 5.76 Å². The summed E-state index contributed by atoms with van der Waals surface area (Å²) in [5.74, 6) is -0.103. The number of unbranched alkanes of at least 4 members (excludes halogenated alkanes) is 5. The molecule has 0 radical (unpaired) electrons. The van der Waals surface area contributed by atoms with E-state index in [0.29, 0.717) is 6.42 Å². The third kappa shape index (κ3) is 7.85. The van der Waals surface area contributed by atoms with E-state index in [1.165, 1.54) is 25.7 Å². The Hall–Kier alpha value is -0.500. The first-order valence-electron chi connectivity index (χ1n) is 5.24. The van der Waals surface area contributed by atoms with Crippen LogP contribution in [0.25, 0.3) is 0 Å². The lowest BCUT2D eigenvalue weighted by atomic mass is 10.1. The van der Waals surface area contributed by atoms with Gasteiger partial charge in [0.15, 0.2) is 0 Å². The summed E-state index contributed by atoms with van der Waals surface area (Å²) in [6.45, 7) is 5.48. The fourth-order valence-electron chi connectivity index (χ4n) is 1.28. The molecule has 0 aliphatic heterocycles. The highest BCUT2D eigenvalue weighted by Gasteiger charge is 2.05. The molecular formula is C11H22O2. The highest BCUT2D eigenvalue weighted by Crippen LogP contribution is 2.10. The van der Waals surface area contributed by atoms with Gasteiger partial charge < -0.3 is 10.2 Å². The maximum atomic E-state index is 9.18. The maximum absolute atomic E-state index is 9.18. The van der Waals surface area contributed by atoms with Crippen LogP contribution < -0.4 is 0 Å². The standard InChI is InChI=1S/C11H22O2/c1-3-4-5-6-7-8-9-11(13)10(2)12/h11-13H,2-9H2,1H3. The summed E-state index contributed by atoms with van der Waals surface area (Å²) in [6, 6.07) is 0. The van der Waals surface area contributed by atoms with Gasteiger partial charge in [-0.15, -0.1) is 0 Å². The molecule has 0 aliphatic rings. The van der Waals surface area contributed by atoms with Gasteiger partial charge in [-0.3, -0.25) is 0 Å². The summed E-state index contributed by atoms with van der Waals surface area (Å²) in [5, 5.41) is 18.0. The molecule has 0 aromatic carbocycles. The highest BCUT2D eigenvalue weighted by molar-refractivity contribution is 4.88. The lowest BCUT2D eigenvalue weighted by Crippen LogP contribution is -2.08. The summed E-state index contributed by atoms with van der Waals surface area (Å²) in [6.07, 6.45) is 7.12. The van der Waals surface area contributed by atoms with Crippen LogP contribution in [0.1, 0.15) is 51.9 Å². The number of rotatable bonds is 8. The van der Waals surface area contributed by atoms with Crippen molar-refractivity contribution >= 4 is 0 Å². The Morgan fingerprint density at radius 1 is 1.15 bits per heavy atom. The molecule has 0 spiro atoms. The SMILES string of the molecule is C=C(O)C(O)CCCCCCCC. The molecule has 0 saturated heterocycles. The van der Waals surface area contributed by atoms with Gasteiger partial charge in [-0.2, -0.15) is 0 Å². The minimum absolute atomic E-state index is 0.103. The van der Waals surface area contributed by atoms with Gasteiger partial charge >= 0.3 is 0 Å². The first kappa shape index (κ1) is 12.5. The summed E-state index contributed by atoms with van der Waals surface area (Å²) in [4.78, 5) is 0. The van der Waals surface area contributed by atoms with Crippen LogP contribution >= 0.6 is 0 Å². The number of hydrogen-bond acceptors (Lipinski definition) is 2. The molecule has 0 heterocycles. The third-order valence-electron chi connectivity index (χ3n) is 2.22. The Kier molecular flexibility index (Phi) is 7.80. The van der Waals surface area contributed by atoms with Crippen LogP contribution in [0.4, 0.5) is 0 Å². The third-order valence-corrected chi connectivity index (χ3v) is 2.22. The van der Waals surface area contributed by atoms with Crippen molar-refractivity contribution in [1.82, 2.24) is 0 Å². The van der Waals surface area contributed by atoms with E-state index in [1.54, 1.807) is 0 Å². The minimum Gasteiger partial charge on any atom is -0.510 e. The van der Waals surface area contributed by atoms with Crippen LogP contribution in [-0.4, -0.2) is 16.3 Å². The molecule has 13 heavy (non-hydrogen) atoms. The van der Waals surface area contributed by atoms with Crippen molar-refractivity contribution < 1.29 is 10.2 Å². The van der Waals surface area contributed by atoms with Crippen LogP contribution in [-0.2, 0) is 0 Å². The summed E-state index contributed by atoms with van der Waals surface area (Å²) in [5.41, 5.74) is 0. The molecule has 0 aromatic rings. The lowest BCUT2D eigenvalue weighted by molar-refractivity contribution is 0.142. The van der Waals surface area contributed by atoms with E-state index in [9.17, 15) is 5.11 Å². The van der Waals surface area contributed by atoms with Gasteiger partial charge in [0.25, 0.3) is 0 Å². The van der Waals surface area contributed by atoms with Crippen LogP contribution in [0.2, 0.25) is 0 Å². The van der Waals surface area contributed by atoms with Crippen molar-refractivity contribution in [3.63, 3.8) is 0 Å². The Labute approximate surface area is 81.3 Å². The summed E-state index contributed by atoms with van der Waals surface area (Å²) >= 11 is 0. The zero-order chi connectivity index (χ0) is 10.1. The zero-order valence-corrected chi connectivity index (χ0v) is 8.63. The molecule has 78 valence electrons. The molecule has 0 aliphatic carbocycles. The normalized spacial score (nSPS) is 12.8. The fraction of sp³-hybridized carbons (Fsp3) is 0.818. The van der Waals surface area contributed by atoms with E-state index in [1.807, 2.05) is 0 Å². The minimum atomic E-state index is -0.717. The first-order valence-corrected chi connectivity index (χ1v) is 5.24. The van der Waals surface area contributed by atoms with Gasteiger partial charge in [0.1, 0.15) is 11.9 Å². The van der Waals surface area contributed by atoms with E-state index in [2.05, 4.69) is 13.5 Å². The van der Waals surface area contributed by atoms with E-state index in [0.717, 1.165) is 12.8 Å². The van der Waals surface area contributed by atoms with Crippen LogP contribution in [0.3, 0.4) is 0 Å². The summed E-state index contributed by atoms with van der Waals surface area (Å²) < 4.78 is 0. The zero-order valence-electron chi connectivity index (χ0n) is 8.63. The van der Waals surface area contributed by atoms with E-state index in [4.69, 9.17) is 5.11 Å². The summed E-state index contributed by atoms with van der Waals surface area (Å²) in [7, 11) is 0. The quantitative estimate of drug-likeness (QED) is 0.451. The van der Waals surface area contributed by atoms with Crippen molar-refractivity contribution in [1.29, 1.82) is 0 Å². The Morgan fingerprint density at radius 3 is 2.23 bits per heavy atom. The smallest absolute Gasteiger partial charge is 0.114 e. The predicted octanol–water partition coefficient (Wildman–Crippen LogP) is 3.17. The van der Waals surface area contributed by atoms with Gasteiger partial charge in [-0.05, 0) is 6.42 Å². The average Bonchev–Trinajstić information content (AvgIpc) is 2.10. The van der Waals surface area contributed by atoms with Crippen molar-refractivity contribution in [2.24, 2.45) is 0 Å². The maximum Gasteiger partial charge on any atom is 0.114 e. The van der Waals surface area contributed by atoms with E-state index >= 15 is 0 Å². The van der Waals surface area contributed by atoms with Gasteiger partial charge in [0.05, 0.1) is 0 Å². The topological polar surface area (TPSA) is 40.5 Å². The van der Waals surface area contributed by atoms with Crippen molar-refractivity contribution in [3.05, 3.63) is 12.3 Å². The molecule has 0 rings (SSSR count). The van der Waals surface area contributed by atoms with Crippen molar-refractivity contribution in [3.8, 4) is 0 Å². The number of aliphatic hydroxyl groups excluding tert-OH is 2. The predicted molar refractivity (Wildman–Crippen MR) is 55.8 cm³/mol. The van der Waals surface area contributed by atoms with Crippen LogP contribution in [0, 0.1) is 0 Å². The van der Waals surface area contributed by atoms with Gasteiger partial charge in [-0.25, -0.2) is 0 Å². The van der Waals surface area contributed by atoms with Crippen molar-refractivity contribution in [2.75, 3.05) is 0 Å². The molecule has 1 unspecified atom stereocenters. The van der Waals surface area contributed by atoms with Gasteiger partial charge in [-0.1, -0.05) is 52.0 Å². The van der Waals surface area contributed by atoms with Crippen LogP contribution in [0.5, 0.6) is 0 Å². The second-order valence-corrected chi connectivity index (χ2v) is 3.56. The van der Waals surface area contributed by atoms with Gasteiger partial charge in [0, 0.05) is 0 Å². The Balaban J connectivity index is 3.11. The largest absolute Gasteiger partial charge is 0.510 e. The average molecular weight is 186 g/mol. The van der Waals surface area contributed by atoms with Crippen LogP contribution in [0.15, 0.2) is 12.3 Å².